The predicted octanol–water partition coefficient (Wildman–Crippen LogP) is 4.51. The zero-order chi connectivity index (χ0) is 26.4. The van der Waals surface area contributed by atoms with Crippen molar-refractivity contribution < 1.29 is 19.4 Å². The van der Waals surface area contributed by atoms with Crippen LogP contribution in [0.3, 0.4) is 0 Å². The van der Waals surface area contributed by atoms with Crippen molar-refractivity contribution >= 4 is 16.7 Å². The van der Waals surface area contributed by atoms with Gasteiger partial charge in [0.1, 0.15) is 16.9 Å². The van der Waals surface area contributed by atoms with E-state index in [1.807, 2.05) is 24.3 Å². The molecule has 8 heteroatoms. The van der Waals surface area contributed by atoms with Gasteiger partial charge in [-0.1, -0.05) is 6.42 Å². The molecule has 8 nitrogen and oxygen atoms in total. The van der Waals surface area contributed by atoms with Gasteiger partial charge >= 0.3 is 0 Å². The van der Waals surface area contributed by atoms with Crippen molar-refractivity contribution in [3.05, 3.63) is 46.6 Å². The molecule has 0 atom stereocenters. The van der Waals surface area contributed by atoms with Gasteiger partial charge in [0, 0.05) is 50.1 Å². The van der Waals surface area contributed by atoms with Gasteiger partial charge in [0.15, 0.2) is 16.8 Å². The first-order chi connectivity index (χ1) is 17.9. The summed E-state index contributed by atoms with van der Waals surface area (Å²) in [6.45, 7) is 6.89. The molecule has 1 aliphatic rings. The Morgan fingerprint density at radius 2 is 1.65 bits per heavy atom. The highest BCUT2D eigenvalue weighted by Crippen LogP contribution is 2.40. The predicted molar refractivity (Wildman–Crippen MR) is 148 cm³/mol. The second kappa shape index (κ2) is 12.3. The molecule has 1 aliphatic heterocycles. The van der Waals surface area contributed by atoms with E-state index in [1.165, 1.54) is 52.1 Å². The van der Waals surface area contributed by atoms with Crippen LogP contribution in [0.1, 0.15) is 32.1 Å². The number of hydrogen-bond acceptors (Lipinski definition) is 8. The second-order valence-electron chi connectivity index (χ2n) is 10.0. The summed E-state index contributed by atoms with van der Waals surface area (Å²) in [4.78, 5) is 20.0. The minimum Gasteiger partial charge on any atom is -0.507 e. The molecule has 3 aromatic rings. The summed E-state index contributed by atoms with van der Waals surface area (Å²) >= 11 is 0. The smallest absolute Gasteiger partial charge is 0.204 e. The largest absolute Gasteiger partial charge is 0.507 e. The first kappa shape index (κ1) is 26.8. The topological polar surface area (TPSA) is 89.6 Å². The second-order valence-corrected chi connectivity index (χ2v) is 10.0. The quantitative estimate of drug-likeness (QED) is 0.365. The lowest BCUT2D eigenvalue weighted by Gasteiger charge is -2.28. The van der Waals surface area contributed by atoms with Gasteiger partial charge in [-0.3, -0.25) is 4.79 Å². The van der Waals surface area contributed by atoms with Crippen LogP contribution >= 0.6 is 0 Å². The maximum Gasteiger partial charge on any atom is 0.204 e. The number of nitrogens with zero attached hydrogens (tertiary/aromatic N) is 3. The van der Waals surface area contributed by atoms with Crippen LogP contribution in [0.15, 0.2) is 45.6 Å². The fraction of sp³-hybridized carbons (Fsp3) is 0.483. The molecule has 2 N–H and O–H groups in total. The fourth-order valence-electron chi connectivity index (χ4n) is 4.97. The van der Waals surface area contributed by atoms with Crippen molar-refractivity contribution in [1.29, 1.82) is 0 Å². The van der Waals surface area contributed by atoms with Gasteiger partial charge in [-0.15, -0.1) is 0 Å². The van der Waals surface area contributed by atoms with Crippen LogP contribution in [-0.4, -0.2) is 80.5 Å². The normalized spacial score (nSPS) is 14.4. The van der Waals surface area contributed by atoms with Crippen molar-refractivity contribution in [2.75, 3.05) is 65.4 Å². The number of methoxy groups -OCH3 is 1. The number of piperidine rings is 1. The third-order valence-electron chi connectivity index (χ3n) is 7.24. The third kappa shape index (κ3) is 6.56. The highest BCUT2D eigenvalue weighted by atomic mass is 16.5. The number of anilines is 1. The van der Waals surface area contributed by atoms with Crippen LogP contribution in [0, 0.1) is 0 Å². The summed E-state index contributed by atoms with van der Waals surface area (Å²) in [7, 11) is 5.67. The van der Waals surface area contributed by atoms with Gasteiger partial charge in [-0.25, -0.2) is 0 Å². The van der Waals surface area contributed by atoms with E-state index in [-0.39, 0.29) is 28.2 Å². The summed E-state index contributed by atoms with van der Waals surface area (Å²) in [6.07, 6.45) is 6.34. The molecule has 2 aromatic carbocycles. The molecule has 1 aromatic heterocycles. The lowest BCUT2D eigenvalue weighted by molar-refractivity contribution is 0.195. The maximum atomic E-state index is 12.7. The summed E-state index contributed by atoms with van der Waals surface area (Å²) in [5, 5.41) is 20.2. The Labute approximate surface area is 218 Å². The number of phenolic OH excluding ortho intramolecular Hbond substituents is 2. The Morgan fingerprint density at radius 1 is 0.946 bits per heavy atom. The average Bonchev–Trinajstić information content (AvgIpc) is 2.90. The lowest BCUT2D eigenvalue weighted by atomic mass is 10.1. The van der Waals surface area contributed by atoms with E-state index in [1.54, 1.807) is 0 Å². The number of benzene rings is 2. The number of likely N-dealkylation sites (N-methyl/N-ethyl adjacent to an activating group) is 1. The Kier molecular flexibility index (Phi) is 8.95. The highest BCUT2D eigenvalue weighted by Gasteiger charge is 2.19. The molecule has 0 radical (unpaired) electrons. The first-order valence-electron chi connectivity index (χ1n) is 13.2. The fourth-order valence-corrected chi connectivity index (χ4v) is 4.97. The molecule has 2 heterocycles. The molecule has 0 unspecified atom stereocenters. The van der Waals surface area contributed by atoms with Crippen molar-refractivity contribution in [3.63, 3.8) is 0 Å². The van der Waals surface area contributed by atoms with Gasteiger partial charge < -0.3 is 34.1 Å². The van der Waals surface area contributed by atoms with Gasteiger partial charge in [-0.2, -0.15) is 0 Å². The Morgan fingerprint density at radius 3 is 2.35 bits per heavy atom. The molecule has 1 fully saturated rings. The third-order valence-corrected chi connectivity index (χ3v) is 7.24. The number of phenols is 2. The van der Waals surface area contributed by atoms with Crippen LogP contribution in [0.2, 0.25) is 0 Å². The van der Waals surface area contributed by atoms with Crippen molar-refractivity contribution in [3.8, 4) is 28.6 Å². The zero-order valence-corrected chi connectivity index (χ0v) is 22.2. The Balaban J connectivity index is 1.32. The van der Waals surface area contributed by atoms with Gasteiger partial charge in [0.25, 0.3) is 0 Å². The molecule has 37 heavy (non-hydrogen) atoms. The van der Waals surface area contributed by atoms with Crippen LogP contribution in [0.5, 0.6) is 17.2 Å². The summed E-state index contributed by atoms with van der Waals surface area (Å²) < 4.78 is 11.1. The van der Waals surface area contributed by atoms with E-state index in [2.05, 4.69) is 28.8 Å². The minimum atomic E-state index is -0.408. The molecular formula is C29H39N3O5. The molecule has 0 amide bonds. The van der Waals surface area contributed by atoms with Crippen molar-refractivity contribution in [2.45, 2.75) is 32.1 Å². The number of unbranched alkanes of at least 4 members (excludes halogenated alkanes) is 1. The number of fused-ring (bicyclic) bond motifs is 1. The number of ether oxygens (including phenoxy) is 1. The summed E-state index contributed by atoms with van der Waals surface area (Å²) in [5.41, 5.74) is 1.41. The van der Waals surface area contributed by atoms with E-state index in [0.29, 0.717) is 5.76 Å². The SMILES string of the molecule is COc1c(O)cc(O)c2c(=O)cc(-c3ccc(N(C)CCCCN(C)CCN4CCCCC4)cc3)oc12. The minimum absolute atomic E-state index is 0.0141. The Bertz CT molecular complexity index is 1240. The van der Waals surface area contributed by atoms with Crippen molar-refractivity contribution in [1.82, 2.24) is 9.80 Å². The van der Waals surface area contributed by atoms with Crippen LogP contribution in [0.4, 0.5) is 5.69 Å². The molecule has 0 saturated carbocycles. The van der Waals surface area contributed by atoms with E-state index >= 15 is 0 Å². The number of aromatic hydroxyl groups is 2. The van der Waals surface area contributed by atoms with Crippen LogP contribution in [0.25, 0.3) is 22.3 Å². The standard InChI is InChI=1S/C29H39N3O5/c1-30(17-18-32-15-5-4-6-16-32)13-7-8-14-31(2)22-11-9-21(10-12-22)26-20-24(34)27-23(33)19-25(35)28(36-3)29(27)37-26/h9-12,19-20,33,35H,4-8,13-18H2,1-3H3. The van der Waals surface area contributed by atoms with E-state index in [0.717, 1.165) is 49.8 Å². The Hall–Kier alpha value is -3.23. The van der Waals surface area contributed by atoms with Crippen molar-refractivity contribution in [2.24, 2.45) is 0 Å². The van der Waals surface area contributed by atoms with E-state index in [9.17, 15) is 15.0 Å². The molecular weight excluding hydrogens is 470 g/mol. The summed E-state index contributed by atoms with van der Waals surface area (Å²) in [5.74, 6) is -0.292. The molecule has 1 saturated heterocycles. The van der Waals surface area contributed by atoms with E-state index in [4.69, 9.17) is 9.15 Å². The molecule has 4 rings (SSSR count). The summed E-state index contributed by atoms with van der Waals surface area (Å²) in [6, 6.07) is 10.2. The monoisotopic (exact) mass is 509 g/mol. The molecule has 200 valence electrons. The molecule has 0 bridgehead atoms. The highest BCUT2D eigenvalue weighted by molar-refractivity contribution is 5.91. The van der Waals surface area contributed by atoms with Crippen LogP contribution in [-0.2, 0) is 0 Å². The maximum absolute atomic E-state index is 12.7. The number of hydrogen-bond donors (Lipinski definition) is 2. The van der Waals surface area contributed by atoms with Gasteiger partial charge in [0.05, 0.1) is 7.11 Å². The zero-order valence-electron chi connectivity index (χ0n) is 22.2. The number of likely N-dealkylation sites (tertiary alicyclic amines) is 1. The van der Waals surface area contributed by atoms with Gasteiger partial charge in [-0.05, 0) is 76.6 Å². The number of rotatable bonds is 11. The van der Waals surface area contributed by atoms with Crippen LogP contribution < -0.4 is 15.1 Å². The lowest BCUT2D eigenvalue weighted by Crippen LogP contribution is -2.36. The van der Waals surface area contributed by atoms with E-state index < -0.39 is 5.43 Å². The first-order valence-corrected chi connectivity index (χ1v) is 13.2. The average molecular weight is 510 g/mol. The molecule has 0 spiro atoms. The van der Waals surface area contributed by atoms with Gasteiger partial charge in [0.2, 0.25) is 5.75 Å². The molecule has 0 aliphatic carbocycles.